The molecule has 3 aromatic rings. The van der Waals surface area contributed by atoms with E-state index < -0.39 is 0 Å². The molecule has 3 atom stereocenters. The molecule has 0 radical (unpaired) electrons. The Kier molecular flexibility index (Phi) is 5.23. The van der Waals surface area contributed by atoms with E-state index in [4.69, 9.17) is 5.73 Å². The average Bonchev–Trinajstić information content (AvgIpc) is 3.36. The molecule has 5 rings (SSSR count). The molecule has 5 heteroatoms. The zero-order valence-corrected chi connectivity index (χ0v) is 17.2. The van der Waals surface area contributed by atoms with Crippen molar-refractivity contribution in [3.63, 3.8) is 0 Å². The molecule has 0 spiro atoms. The maximum Gasteiger partial charge on any atom is 0.255 e. The summed E-state index contributed by atoms with van der Waals surface area (Å²) in [5.41, 5.74) is 9.20. The van der Waals surface area contributed by atoms with Gasteiger partial charge in [0.05, 0.1) is 11.1 Å². The quantitative estimate of drug-likeness (QED) is 0.714. The van der Waals surface area contributed by atoms with Gasteiger partial charge in [-0.2, -0.15) is 0 Å². The van der Waals surface area contributed by atoms with Crippen molar-refractivity contribution < 1.29 is 4.79 Å². The summed E-state index contributed by atoms with van der Waals surface area (Å²) in [7, 11) is 0. The maximum atomic E-state index is 13.0. The third-order valence-electron chi connectivity index (χ3n) is 6.67. The van der Waals surface area contributed by atoms with E-state index in [9.17, 15) is 4.79 Å². The van der Waals surface area contributed by atoms with E-state index in [-0.39, 0.29) is 11.9 Å². The number of benzene rings is 2. The highest BCUT2D eigenvalue weighted by atomic mass is 16.2. The molecule has 5 nitrogen and oxygen atoms in total. The highest BCUT2D eigenvalue weighted by Crippen LogP contribution is 2.32. The molecule has 1 amide bonds. The van der Waals surface area contributed by atoms with E-state index in [1.54, 1.807) is 6.20 Å². The van der Waals surface area contributed by atoms with Gasteiger partial charge < -0.3 is 15.5 Å². The molecule has 2 fully saturated rings. The first-order valence-electron chi connectivity index (χ1n) is 10.8. The van der Waals surface area contributed by atoms with Crippen molar-refractivity contribution in [1.82, 2.24) is 14.8 Å². The molecule has 2 unspecified atom stereocenters. The van der Waals surface area contributed by atoms with Crippen LogP contribution in [0.15, 0.2) is 66.9 Å². The van der Waals surface area contributed by atoms with Crippen LogP contribution in [0, 0.1) is 11.8 Å². The second-order valence-corrected chi connectivity index (χ2v) is 8.71. The number of rotatable bonds is 5. The lowest BCUT2D eigenvalue weighted by Crippen LogP contribution is -2.34. The van der Waals surface area contributed by atoms with Crippen LogP contribution in [-0.2, 0) is 0 Å². The van der Waals surface area contributed by atoms with E-state index in [0.717, 1.165) is 50.0 Å². The molecule has 2 aliphatic rings. The predicted molar refractivity (Wildman–Crippen MR) is 119 cm³/mol. The Bertz CT molecular complexity index is 1020. The van der Waals surface area contributed by atoms with Gasteiger partial charge in [0.1, 0.15) is 0 Å². The topological polar surface area (TPSA) is 62.5 Å². The van der Waals surface area contributed by atoms with E-state index in [1.807, 2.05) is 53.4 Å². The van der Waals surface area contributed by atoms with Crippen molar-refractivity contribution in [1.29, 1.82) is 0 Å². The molecule has 154 valence electrons. The number of aromatic nitrogens is 1. The predicted octanol–water partition coefficient (Wildman–Crippen LogP) is 3.33. The minimum atomic E-state index is 0.0881. The van der Waals surface area contributed by atoms with Crippen LogP contribution < -0.4 is 5.73 Å². The Morgan fingerprint density at radius 3 is 2.47 bits per heavy atom. The smallest absolute Gasteiger partial charge is 0.255 e. The summed E-state index contributed by atoms with van der Waals surface area (Å²) in [6.07, 6.45) is 2.69. The molecular weight excluding hydrogens is 372 g/mol. The Balaban J connectivity index is 1.16. The third-order valence-corrected chi connectivity index (χ3v) is 6.67. The van der Waals surface area contributed by atoms with Crippen LogP contribution in [-0.4, -0.2) is 53.4 Å². The molecule has 3 heterocycles. The van der Waals surface area contributed by atoms with Crippen LogP contribution in [0.4, 0.5) is 0 Å². The number of hydrogen-bond acceptors (Lipinski definition) is 4. The van der Waals surface area contributed by atoms with Gasteiger partial charge in [-0.25, -0.2) is 0 Å². The lowest BCUT2D eigenvalue weighted by molar-refractivity contribution is 0.0773. The molecule has 0 aliphatic carbocycles. The Labute approximate surface area is 177 Å². The number of pyridine rings is 1. The second kappa shape index (κ2) is 8.17. The fraction of sp³-hybridized carbons (Fsp3) is 0.360. The monoisotopic (exact) mass is 400 g/mol. The fourth-order valence-corrected chi connectivity index (χ4v) is 5.00. The van der Waals surface area contributed by atoms with Crippen LogP contribution in [0.25, 0.3) is 10.9 Å². The molecule has 2 N–H and O–H groups in total. The fourth-order valence-electron chi connectivity index (χ4n) is 5.00. The minimum Gasteiger partial charge on any atom is -0.338 e. The molecule has 30 heavy (non-hydrogen) atoms. The Hall–Kier alpha value is -2.76. The van der Waals surface area contributed by atoms with Gasteiger partial charge in [-0.3, -0.25) is 9.78 Å². The van der Waals surface area contributed by atoms with Gasteiger partial charge in [-0.15, -0.1) is 0 Å². The lowest BCUT2D eigenvalue weighted by atomic mass is 10.0. The first-order valence-corrected chi connectivity index (χ1v) is 10.8. The van der Waals surface area contributed by atoms with E-state index >= 15 is 0 Å². The standard InChI is InChI=1S/C25H28N4O/c26-23(18-6-2-1-3-7-18)10-11-28-14-21-16-29(17-22(21)15-28)25(30)20-12-19-8-4-5-9-24(19)27-13-20/h1-9,12-13,21-23H,10-11,14-17,26H2/t21?,22?,23-/m0/s1. The van der Waals surface area contributed by atoms with Gasteiger partial charge in [0, 0.05) is 43.8 Å². The Morgan fingerprint density at radius 1 is 1.00 bits per heavy atom. The van der Waals surface area contributed by atoms with Crippen LogP contribution in [0.2, 0.25) is 0 Å². The molecular formula is C25H28N4O. The summed E-state index contributed by atoms with van der Waals surface area (Å²) in [6, 6.07) is 20.3. The van der Waals surface area contributed by atoms with E-state index in [0.29, 0.717) is 17.4 Å². The van der Waals surface area contributed by atoms with Crippen molar-refractivity contribution >= 4 is 16.8 Å². The Morgan fingerprint density at radius 2 is 1.70 bits per heavy atom. The zero-order valence-electron chi connectivity index (χ0n) is 17.2. The summed E-state index contributed by atoms with van der Waals surface area (Å²) in [4.78, 5) is 22.0. The minimum absolute atomic E-state index is 0.0881. The highest BCUT2D eigenvalue weighted by molar-refractivity contribution is 5.97. The van der Waals surface area contributed by atoms with Crippen molar-refractivity contribution in [2.75, 3.05) is 32.7 Å². The summed E-state index contributed by atoms with van der Waals surface area (Å²) in [5.74, 6) is 1.24. The first kappa shape index (κ1) is 19.2. The third kappa shape index (κ3) is 3.83. The normalized spacial score (nSPS) is 22.4. The molecule has 2 aliphatic heterocycles. The summed E-state index contributed by atoms with van der Waals surface area (Å²) < 4.78 is 0. The van der Waals surface area contributed by atoms with E-state index in [2.05, 4.69) is 22.0 Å². The van der Waals surface area contributed by atoms with Crippen LogP contribution >= 0.6 is 0 Å². The molecule has 0 bridgehead atoms. The summed E-state index contributed by atoms with van der Waals surface area (Å²) >= 11 is 0. The number of nitrogens with zero attached hydrogens (tertiary/aromatic N) is 3. The summed E-state index contributed by atoms with van der Waals surface area (Å²) in [6.45, 7) is 4.83. The van der Waals surface area contributed by atoms with Crippen molar-refractivity contribution in [2.24, 2.45) is 17.6 Å². The summed E-state index contributed by atoms with van der Waals surface area (Å²) in [5, 5.41) is 1.02. The number of likely N-dealkylation sites (tertiary alicyclic amines) is 2. The van der Waals surface area contributed by atoms with Gasteiger partial charge in [-0.05, 0) is 42.5 Å². The van der Waals surface area contributed by atoms with Crippen molar-refractivity contribution in [3.05, 3.63) is 78.0 Å². The van der Waals surface area contributed by atoms with Gasteiger partial charge in [0.2, 0.25) is 0 Å². The second-order valence-electron chi connectivity index (χ2n) is 8.71. The van der Waals surface area contributed by atoms with Gasteiger partial charge in [0.15, 0.2) is 0 Å². The maximum absolute atomic E-state index is 13.0. The average molecular weight is 401 g/mol. The lowest BCUT2D eigenvalue weighted by Gasteiger charge is -2.23. The molecule has 2 saturated heterocycles. The molecule has 0 saturated carbocycles. The number of amides is 1. The zero-order chi connectivity index (χ0) is 20.5. The molecule has 2 aromatic carbocycles. The number of carbonyl (C=O) groups is 1. The van der Waals surface area contributed by atoms with Crippen molar-refractivity contribution in [2.45, 2.75) is 12.5 Å². The van der Waals surface area contributed by atoms with Gasteiger partial charge in [-0.1, -0.05) is 48.5 Å². The number of carbonyl (C=O) groups excluding carboxylic acids is 1. The SMILES string of the molecule is N[C@@H](CCN1CC2CN(C(=O)c3cnc4ccccc4c3)CC2C1)c1ccccc1. The largest absolute Gasteiger partial charge is 0.338 e. The number of para-hydroxylation sites is 1. The van der Waals surface area contributed by atoms with Gasteiger partial charge in [0.25, 0.3) is 5.91 Å². The molecule has 1 aromatic heterocycles. The number of hydrogen-bond donors (Lipinski definition) is 1. The van der Waals surface area contributed by atoms with Crippen LogP contribution in [0.3, 0.4) is 0 Å². The first-order chi connectivity index (χ1) is 14.7. The highest BCUT2D eigenvalue weighted by Gasteiger charge is 2.41. The van der Waals surface area contributed by atoms with Crippen LogP contribution in [0.5, 0.6) is 0 Å². The van der Waals surface area contributed by atoms with Crippen molar-refractivity contribution in [3.8, 4) is 0 Å². The number of nitrogens with two attached hydrogens (primary N) is 1. The van der Waals surface area contributed by atoms with Gasteiger partial charge >= 0.3 is 0 Å². The number of fused-ring (bicyclic) bond motifs is 2. The van der Waals surface area contributed by atoms with E-state index in [1.165, 1.54) is 5.56 Å². The van der Waals surface area contributed by atoms with Crippen LogP contribution in [0.1, 0.15) is 28.4 Å².